The molecule has 0 aliphatic carbocycles. The first-order valence-corrected chi connectivity index (χ1v) is 10.8. The summed E-state index contributed by atoms with van der Waals surface area (Å²) in [5.41, 5.74) is 0.360. The molecule has 0 amide bonds. The van der Waals surface area contributed by atoms with Crippen LogP contribution < -0.4 is 5.56 Å². The molecule has 150 valence electrons. The molecule has 0 fully saturated rings. The first-order chi connectivity index (χ1) is 13.7. The van der Waals surface area contributed by atoms with Crippen LogP contribution in [-0.2, 0) is 9.15 Å². The molecule has 0 bridgehead atoms. The van der Waals surface area contributed by atoms with Gasteiger partial charge < -0.3 is 5.11 Å². The minimum atomic E-state index is -4.24. The number of aromatic amines is 1. The van der Waals surface area contributed by atoms with Gasteiger partial charge in [0.15, 0.2) is 5.69 Å². The highest BCUT2D eigenvalue weighted by Crippen LogP contribution is 2.25. The molecule has 0 saturated carbocycles. The lowest BCUT2D eigenvalue weighted by molar-refractivity contribution is 0.0697. The maximum atomic E-state index is 12.7. The van der Waals surface area contributed by atoms with Crippen molar-refractivity contribution in [2.75, 3.05) is 0 Å². The Hall–Kier alpha value is -3.22. The van der Waals surface area contributed by atoms with Gasteiger partial charge in [-0.15, -0.1) is 10.2 Å². The van der Waals surface area contributed by atoms with Gasteiger partial charge in [0.2, 0.25) is 0 Å². The minimum absolute atomic E-state index is 0.00146. The third-order valence-electron chi connectivity index (χ3n) is 3.73. The smallest absolute Gasteiger partial charge is 0.337 e. The van der Waals surface area contributed by atoms with Crippen molar-refractivity contribution in [3.63, 3.8) is 0 Å². The number of hydrogen-bond donors (Lipinski definition) is 3. The Kier molecular flexibility index (Phi) is 5.68. The van der Waals surface area contributed by atoms with E-state index >= 15 is 0 Å². The largest absolute Gasteiger partial charge is 0.478 e. The van der Waals surface area contributed by atoms with Gasteiger partial charge in [-0.25, -0.2) is 9.48 Å². The summed E-state index contributed by atoms with van der Waals surface area (Å²) in [6.45, 7) is 1.61. The number of hydrogen-bond acceptors (Lipinski definition) is 7. The van der Waals surface area contributed by atoms with Crippen LogP contribution in [0.2, 0.25) is 0 Å². The number of carbonyl (C=O) groups is 1. The van der Waals surface area contributed by atoms with E-state index in [1.807, 2.05) is 0 Å². The molecule has 1 heterocycles. The molecule has 3 rings (SSSR count). The monoisotopic (exact) mass is 434 g/mol. The van der Waals surface area contributed by atoms with Crippen LogP contribution in [0, 0.1) is 6.92 Å². The number of nitrogens with one attached hydrogen (secondary N) is 1. The second-order valence-corrected chi connectivity index (χ2v) is 9.01. The molecule has 0 aliphatic heterocycles. The lowest BCUT2D eigenvalue weighted by atomic mass is 10.2. The van der Waals surface area contributed by atoms with Gasteiger partial charge in [0.25, 0.3) is 5.56 Å². The van der Waals surface area contributed by atoms with Crippen LogP contribution in [0.1, 0.15) is 16.1 Å². The standard InChI is InChI=1S/C17H14N4O6S2/c1-10-15(19-18-14-5-3-2-4-13(14)17(23)24)16(22)21(20-10)11-6-8-12(9-7-11)28-29(25,26)27/h2-9,20H,1H3,(H,23,24)(H,25,26,27). The average molecular weight is 434 g/mol. The van der Waals surface area contributed by atoms with Gasteiger partial charge in [-0.3, -0.25) is 14.4 Å². The molecule has 0 spiro atoms. The average Bonchev–Trinajstić information content (AvgIpc) is 2.93. The fourth-order valence-electron chi connectivity index (χ4n) is 2.46. The molecule has 12 heteroatoms. The van der Waals surface area contributed by atoms with E-state index in [1.165, 1.54) is 41.1 Å². The van der Waals surface area contributed by atoms with Crippen LogP contribution in [0.3, 0.4) is 0 Å². The van der Waals surface area contributed by atoms with Crippen LogP contribution in [0.25, 0.3) is 5.69 Å². The van der Waals surface area contributed by atoms with Gasteiger partial charge in [0, 0.05) is 15.7 Å². The Labute approximate surface area is 168 Å². The zero-order valence-electron chi connectivity index (χ0n) is 14.8. The second-order valence-electron chi connectivity index (χ2n) is 5.75. The zero-order valence-corrected chi connectivity index (χ0v) is 16.4. The third kappa shape index (κ3) is 4.80. The summed E-state index contributed by atoms with van der Waals surface area (Å²) in [7, 11) is -3.96. The van der Waals surface area contributed by atoms with Crippen molar-refractivity contribution in [3.8, 4) is 5.69 Å². The molecule has 0 saturated heterocycles. The lowest BCUT2D eigenvalue weighted by Crippen LogP contribution is -2.13. The first-order valence-electron chi connectivity index (χ1n) is 7.99. The zero-order chi connectivity index (χ0) is 21.2. The number of nitrogens with zero attached hydrogens (tertiary/aromatic N) is 3. The number of benzene rings is 2. The fraction of sp³-hybridized carbons (Fsp3) is 0.0588. The van der Waals surface area contributed by atoms with E-state index in [-0.39, 0.29) is 32.6 Å². The predicted molar refractivity (Wildman–Crippen MR) is 106 cm³/mol. The summed E-state index contributed by atoms with van der Waals surface area (Å²) in [5.74, 6) is -1.16. The van der Waals surface area contributed by atoms with E-state index < -0.39 is 20.7 Å². The van der Waals surface area contributed by atoms with Crippen LogP contribution in [0.5, 0.6) is 0 Å². The lowest BCUT2D eigenvalue weighted by Gasteiger charge is -2.02. The molecular formula is C17H14N4O6S2. The summed E-state index contributed by atoms with van der Waals surface area (Å²) in [4.78, 5) is 24.2. The molecule has 3 aromatic rings. The quantitative estimate of drug-likeness (QED) is 0.305. The highest BCUT2D eigenvalue weighted by molar-refractivity contribution is 8.69. The minimum Gasteiger partial charge on any atom is -0.478 e. The van der Waals surface area contributed by atoms with Crippen LogP contribution >= 0.6 is 10.8 Å². The number of aryl methyl sites for hydroxylation is 1. The molecule has 29 heavy (non-hydrogen) atoms. The second kappa shape index (κ2) is 8.03. The van der Waals surface area contributed by atoms with Crippen molar-refractivity contribution in [1.82, 2.24) is 9.78 Å². The number of rotatable bonds is 6. The van der Waals surface area contributed by atoms with Gasteiger partial charge in [-0.2, -0.15) is 8.42 Å². The van der Waals surface area contributed by atoms with Crippen LogP contribution in [0.15, 0.2) is 68.4 Å². The Morgan fingerprint density at radius 3 is 2.38 bits per heavy atom. The summed E-state index contributed by atoms with van der Waals surface area (Å²) in [5, 5.41) is 19.8. The van der Waals surface area contributed by atoms with Crippen molar-refractivity contribution in [2.24, 2.45) is 10.2 Å². The fourth-order valence-corrected chi connectivity index (χ4v) is 4.01. The Balaban J connectivity index is 1.94. The van der Waals surface area contributed by atoms with E-state index in [1.54, 1.807) is 19.1 Å². The third-order valence-corrected chi connectivity index (χ3v) is 5.61. The van der Waals surface area contributed by atoms with Crippen molar-refractivity contribution in [2.45, 2.75) is 11.8 Å². The van der Waals surface area contributed by atoms with Gasteiger partial charge in [-0.1, -0.05) is 12.1 Å². The summed E-state index contributed by atoms with van der Waals surface area (Å²) < 4.78 is 31.9. The molecule has 10 nitrogen and oxygen atoms in total. The number of aromatic carboxylic acids is 1. The maximum absolute atomic E-state index is 12.7. The van der Waals surface area contributed by atoms with Gasteiger partial charge >= 0.3 is 15.1 Å². The molecular weight excluding hydrogens is 420 g/mol. The van der Waals surface area contributed by atoms with Crippen molar-refractivity contribution in [3.05, 3.63) is 70.1 Å². The van der Waals surface area contributed by atoms with E-state index in [9.17, 15) is 23.1 Å². The van der Waals surface area contributed by atoms with Crippen molar-refractivity contribution < 1.29 is 22.9 Å². The number of aromatic nitrogens is 2. The Morgan fingerprint density at radius 2 is 1.76 bits per heavy atom. The molecule has 0 aliphatic rings. The molecule has 0 unspecified atom stereocenters. The van der Waals surface area contributed by atoms with Crippen molar-refractivity contribution >= 4 is 37.3 Å². The van der Waals surface area contributed by atoms with Gasteiger partial charge in [0.1, 0.15) is 5.69 Å². The highest BCUT2D eigenvalue weighted by atomic mass is 33.1. The van der Waals surface area contributed by atoms with E-state index in [0.717, 1.165) is 0 Å². The number of H-pyrrole nitrogens is 1. The SMILES string of the molecule is Cc1[nH]n(-c2ccc(SS(=O)(=O)O)cc2)c(=O)c1N=Nc1ccccc1C(=O)O. The number of azo groups is 1. The summed E-state index contributed by atoms with van der Waals surface area (Å²) >= 11 is 0. The summed E-state index contributed by atoms with van der Waals surface area (Å²) in [6.07, 6.45) is 0. The molecule has 0 atom stereocenters. The maximum Gasteiger partial charge on any atom is 0.337 e. The normalized spacial score (nSPS) is 11.8. The number of carboxylic acids is 1. The van der Waals surface area contributed by atoms with Crippen LogP contribution in [-0.4, -0.2) is 33.8 Å². The topological polar surface area (TPSA) is 154 Å². The van der Waals surface area contributed by atoms with E-state index in [0.29, 0.717) is 11.4 Å². The van der Waals surface area contributed by atoms with Gasteiger partial charge in [0.05, 0.1) is 16.9 Å². The Morgan fingerprint density at radius 1 is 1.10 bits per heavy atom. The molecule has 3 N–H and O–H groups in total. The molecule has 0 radical (unpaired) electrons. The first kappa shape index (κ1) is 20.5. The molecule has 1 aromatic heterocycles. The van der Waals surface area contributed by atoms with E-state index in [2.05, 4.69) is 15.3 Å². The van der Waals surface area contributed by atoms with Crippen molar-refractivity contribution in [1.29, 1.82) is 0 Å². The molecule has 2 aromatic carbocycles. The number of carboxylic acid groups (broad SMARTS) is 1. The van der Waals surface area contributed by atoms with Gasteiger partial charge in [-0.05, 0) is 43.3 Å². The van der Waals surface area contributed by atoms with Crippen LogP contribution in [0.4, 0.5) is 11.4 Å². The summed E-state index contributed by atoms with van der Waals surface area (Å²) in [6, 6.07) is 11.9. The van der Waals surface area contributed by atoms with E-state index in [4.69, 9.17) is 4.55 Å². The Bertz CT molecular complexity index is 1260. The highest BCUT2D eigenvalue weighted by Gasteiger charge is 2.14. The predicted octanol–water partition coefficient (Wildman–Crippen LogP) is 3.48.